The topological polar surface area (TPSA) is 63.4 Å². The lowest BCUT2D eigenvalue weighted by atomic mass is 10.3. The van der Waals surface area contributed by atoms with Crippen molar-refractivity contribution in [3.63, 3.8) is 0 Å². The first-order valence-electron chi connectivity index (χ1n) is 4.58. The van der Waals surface area contributed by atoms with E-state index in [9.17, 15) is 9.59 Å². The van der Waals surface area contributed by atoms with Crippen molar-refractivity contribution in [1.29, 1.82) is 0 Å². The van der Waals surface area contributed by atoms with Crippen molar-refractivity contribution >= 4 is 40.7 Å². The van der Waals surface area contributed by atoms with E-state index in [4.69, 9.17) is 28.9 Å². The van der Waals surface area contributed by atoms with E-state index in [1.807, 2.05) is 0 Å². The molecule has 0 radical (unpaired) electrons. The molecule has 1 aliphatic rings. The first kappa shape index (κ1) is 11.4. The fourth-order valence-corrected chi connectivity index (χ4v) is 1.84. The molecule has 1 aromatic rings. The number of carbonyl (C=O) groups is 2. The second kappa shape index (κ2) is 4.05. The molecule has 1 fully saturated rings. The van der Waals surface area contributed by atoms with Gasteiger partial charge < -0.3 is 5.73 Å². The third-order valence-electron chi connectivity index (χ3n) is 2.34. The molecular weight excluding hydrogens is 251 g/mol. The maximum Gasteiger partial charge on any atom is 0.251 e. The van der Waals surface area contributed by atoms with E-state index in [1.165, 1.54) is 12.1 Å². The average molecular weight is 259 g/mol. The zero-order chi connectivity index (χ0) is 11.9. The Morgan fingerprint density at radius 3 is 2.44 bits per heavy atom. The van der Waals surface area contributed by atoms with Crippen molar-refractivity contribution < 1.29 is 9.59 Å². The first-order chi connectivity index (χ1) is 7.50. The van der Waals surface area contributed by atoms with E-state index in [2.05, 4.69) is 0 Å². The van der Waals surface area contributed by atoms with E-state index in [0.717, 1.165) is 4.90 Å². The Morgan fingerprint density at radius 1 is 1.25 bits per heavy atom. The zero-order valence-corrected chi connectivity index (χ0v) is 9.63. The van der Waals surface area contributed by atoms with Crippen molar-refractivity contribution in [3.8, 4) is 0 Å². The molecule has 0 unspecified atom stereocenters. The third-order valence-corrected chi connectivity index (χ3v) is 3.08. The highest BCUT2D eigenvalue weighted by Crippen LogP contribution is 2.29. The lowest BCUT2D eigenvalue weighted by molar-refractivity contribution is -0.121. The third kappa shape index (κ3) is 1.80. The van der Waals surface area contributed by atoms with Crippen molar-refractivity contribution in [3.05, 3.63) is 28.2 Å². The Hall–Kier alpha value is -1.10. The van der Waals surface area contributed by atoms with E-state index in [0.29, 0.717) is 15.7 Å². The predicted molar refractivity (Wildman–Crippen MR) is 61.5 cm³/mol. The number of hydrogen-bond acceptors (Lipinski definition) is 3. The molecule has 0 aliphatic carbocycles. The number of anilines is 1. The number of nitrogens with zero attached hydrogens (tertiary/aromatic N) is 1. The van der Waals surface area contributed by atoms with Crippen molar-refractivity contribution in [2.45, 2.75) is 12.5 Å². The molecule has 6 heteroatoms. The Balaban J connectivity index is 2.41. The number of imide groups is 1. The minimum atomic E-state index is -0.762. The number of nitrogens with two attached hydrogens (primary N) is 1. The van der Waals surface area contributed by atoms with Crippen molar-refractivity contribution in [2.75, 3.05) is 4.90 Å². The quantitative estimate of drug-likeness (QED) is 0.779. The van der Waals surface area contributed by atoms with E-state index in [1.54, 1.807) is 6.07 Å². The molecule has 1 saturated heterocycles. The summed E-state index contributed by atoms with van der Waals surface area (Å²) < 4.78 is 0. The minimum absolute atomic E-state index is 0.0269. The van der Waals surface area contributed by atoms with Crippen LogP contribution in [-0.4, -0.2) is 17.9 Å². The van der Waals surface area contributed by atoms with Gasteiger partial charge in [0.1, 0.15) is 0 Å². The van der Waals surface area contributed by atoms with Crippen LogP contribution in [0.2, 0.25) is 10.0 Å². The standard InChI is InChI=1S/C10H8Cl2N2O2/c11-6-2-1-5(3-7(6)12)14-9(15)4-8(13)10(14)16/h1-3,8H,4,13H2/t8-/m0/s1. The number of halogens is 2. The molecular formula is C10H8Cl2N2O2. The van der Waals surface area contributed by atoms with Gasteiger partial charge in [0.2, 0.25) is 5.91 Å². The van der Waals surface area contributed by atoms with Crippen LogP contribution in [0.25, 0.3) is 0 Å². The van der Waals surface area contributed by atoms with Crippen LogP contribution in [0.4, 0.5) is 5.69 Å². The number of amides is 2. The summed E-state index contributed by atoms with van der Waals surface area (Å²) >= 11 is 11.6. The predicted octanol–water partition coefficient (Wildman–Crippen LogP) is 1.58. The van der Waals surface area contributed by atoms with Crippen LogP contribution in [0.3, 0.4) is 0 Å². The van der Waals surface area contributed by atoms with Gasteiger partial charge in [0, 0.05) is 0 Å². The second-order valence-corrected chi connectivity index (χ2v) is 4.29. The molecule has 1 atom stereocenters. The van der Waals surface area contributed by atoms with E-state index < -0.39 is 11.9 Å². The van der Waals surface area contributed by atoms with Gasteiger partial charge in [-0.3, -0.25) is 9.59 Å². The van der Waals surface area contributed by atoms with Crippen LogP contribution in [0.1, 0.15) is 6.42 Å². The highest BCUT2D eigenvalue weighted by atomic mass is 35.5. The molecule has 1 aromatic carbocycles. The SMILES string of the molecule is N[C@H]1CC(=O)N(c2ccc(Cl)c(Cl)c2)C1=O. The Kier molecular flexibility index (Phi) is 2.88. The molecule has 1 aliphatic heterocycles. The van der Waals surface area contributed by atoms with Gasteiger partial charge in [0.15, 0.2) is 0 Å². The van der Waals surface area contributed by atoms with Crippen LogP contribution in [0.15, 0.2) is 18.2 Å². The van der Waals surface area contributed by atoms with E-state index in [-0.39, 0.29) is 12.3 Å². The molecule has 1 heterocycles. The number of carbonyl (C=O) groups excluding carboxylic acids is 2. The maximum absolute atomic E-state index is 11.6. The fraction of sp³-hybridized carbons (Fsp3) is 0.200. The summed E-state index contributed by atoms with van der Waals surface area (Å²) in [7, 11) is 0. The molecule has 0 saturated carbocycles. The summed E-state index contributed by atoms with van der Waals surface area (Å²) in [4.78, 5) is 24.2. The minimum Gasteiger partial charge on any atom is -0.319 e. The van der Waals surface area contributed by atoms with Gasteiger partial charge >= 0.3 is 0 Å². The summed E-state index contributed by atoms with van der Waals surface area (Å²) in [6, 6.07) is 3.80. The van der Waals surface area contributed by atoms with E-state index >= 15 is 0 Å². The van der Waals surface area contributed by atoms with Crippen LogP contribution in [0.5, 0.6) is 0 Å². The largest absolute Gasteiger partial charge is 0.319 e. The molecule has 84 valence electrons. The molecule has 2 amide bonds. The Morgan fingerprint density at radius 2 is 1.94 bits per heavy atom. The van der Waals surface area contributed by atoms with Crippen LogP contribution >= 0.6 is 23.2 Å². The maximum atomic E-state index is 11.6. The molecule has 4 nitrogen and oxygen atoms in total. The van der Waals surface area contributed by atoms with Crippen molar-refractivity contribution in [2.24, 2.45) is 5.73 Å². The van der Waals surface area contributed by atoms with Gasteiger partial charge in [-0.2, -0.15) is 0 Å². The molecule has 2 rings (SSSR count). The average Bonchev–Trinajstić information content (AvgIpc) is 2.47. The lowest BCUT2D eigenvalue weighted by Crippen LogP contribution is -2.35. The summed E-state index contributed by atoms with van der Waals surface area (Å²) in [6.07, 6.45) is 0.0269. The van der Waals surface area contributed by atoms with Gasteiger partial charge in [-0.1, -0.05) is 23.2 Å². The number of hydrogen-bond donors (Lipinski definition) is 1. The van der Waals surface area contributed by atoms with Crippen LogP contribution in [0, 0.1) is 0 Å². The number of benzene rings is 1. The normalized spacial score (nSPS) is 20.7. The van der Waals surface area contributed by atoms with Crippen LogP contribution in [-0.2, 0) is 9.59 Å². The fourth-order valence-electron chi connectivity index (χ4n) is 1.55. The molecule has 0 aromatic heterocycles. The first-order valence-corrected chi connectivity index (χ1v) is 5.33. The summed E-state index contributed by atoms with van der Waals surface area (Å²) in [6.45, 7) is 0. The monoisotopic (exact) mass is 258 g/mol. The van der Waals surface area contributed by atoms with Gasteiger partial charge in [0.05, 0.1) is 28.2 Å². The molecule has 0 bridgehead atoms. The van der Waals surface area contributed by atoms with Gasteiger partial charge in [-0.25, -0.2) is 4.90 Å². The Labute approximate surface area is 102 Å². The zero-order valence-electron chi connectivity index (χ0n) is 8.11. The highest BCUT2D eigenvalue weighted by molar-refractivity contribution is 6.42. The second-order valence-electron chi connectivity index (χ2n) is 3.48. The summed E-state index contributed by atoms with van der Waals surface area (Å²) in [5.74, 6) is -0.737. The van der Waals surface area contributed by atoms with Crippen LogP contribution < -0.4 is 10.6 Å². The smallest absolute Gasteiger partial charge is 0.251 e. The van der Waals surface area contributed by atoms with Gasteiger partial charge in [0.25, 0.3) is 5.91 Å². The molecule has 2 N–H and O–H groups in total. The van der Waals surface area contributed by atoms with Gasteiger partial charge in [-0.05, 0) is 18.2 Å². The lowest BCUT2D eigenvalue weighted by Gasteiger charge is -2.14. The molecule has 16 heavy (non-hydrogen) atoms. The highest BCUT2D eigenvalue weighted by Gasteiger charge is 2.37. The van der Waals surface area contributed by atoms with Gasteiger partial charge in [-0.15, -0.1) is 0 Å². The molecule has 0 spiro atoms. The Bertz CT molecular complexity index is 476. The number of rotatable bonds is 1. The summed E-state index contributed by atoms with van der Waals surface area (Å²) in [5, 5.41) is 0.661. The van der Waals surface area contributed by atoms with Crippen molar-refractivity contribution in [1.82, 2.24) is 0 Å². The summed E-state index contributed by atoms with van der Waals surface area (Å²) in [5.41, 5.74) is 5.89.